The van der Waals surface area contributed by atoms with Crippen LogP contribution in [0.2, 0.25) is 0 Å². The van der Waals surface area contributed by atoms with Crippen molar-refractivity contribution in [3.05, 3.63) is 0 Å². The molecule has 1 aliphatic carbocycles. The van der Waals surface area contributed by atoms with E-state index in [2.05, 4.69) is 36.1 Å². The van der Waals surface area contributed by atoms with Gasteiger partial charge in [-0.25, -0.2) is 0 Å². The summed E-state index contributed by atoms with van der Waals surface area (Å²) in [5.74, 6) is 0. The first-order valence-electron chi connectivity index (χ1n) is 8.36. The van der Waals surface area contributed by atoms with Crippen LogP contribution in [-0.4, -0.2) is 61.7 Å². The molecule has 2 aliphatic rings. The lowest BCUT2D eigenvalue weighted by atomic mass is 10.00. The van der Waals surface area contributed by atoms with Crippen LogP contribution in [0.3, 0.4) is 0 Å². The van der Waals surface area contributed by atoms with Gasteiger partial charge in [-0.3, -0.25) is 4.90 Å². The molecule has 1 N–H and O–H groups in total. The van der Waals surface area contributed by atoms with E-state index in [1.54, 1.807) is 0 Å². The lowest BCUT2D eigenvalue weighted by Crippen LogP contribution is -2.53. The summed E-state index contributed by atoms with van der Waals surface area (Å²) in [5, 5.41) is 3.77. The van der Waals surface area contributed by atoms with E-state index in [1.165, 1.54) is 58.0 Å². The Kier molecular flexibility index (Phi) is 6.11. The van der Waals surface area contributed by atoms with Gasteiger partial charge in [-0.05, 0) is 52.9 Å². The molecule has 0 spiro atoms. The standard InChI is InChI=1S/C16H33N3/c1-4-17-15-10-6-5-7-11-16(15)19-12-8-9-14(19)13-18(2)3/h14-17H,4-13H2,1-3H3. The van der Waals surface area contributed by atoms with E-state index >= 15 is 0 Å². The fraction of sp³-hybridized carbons (Fsp3) is 1.00. The molecule has 1 heterocycles. The minimum absolute atomic E-state index is 0.732. The van der Waals surface area contributed by atoms with Gasteiger partial charge in [-0.2, -0.15) is 0 Å². The van der Waals surface area contributed by atoms with Crippen LogP contribution in [0.25, 0.3) is 0 Å². The molecule has 0 amide bonds. The SMILES string of the molecule is CCNC1CCCCCC1N1CCCC1CN(C)C. The molecule has 19 heavy (non-hydrogen) atoms. The van der Waals surface area contributed by atoms with Crippen LogP contribution in [0.5, 0.6) is 0 Å². The van der Waals surface area contributed by atoms with Crippen LogP contribution in [0, 0.1) is 0 Å². The van der Waals surface area contributed by atoms with Crippen LogP contribution >= 0.6 is 0 Å². The molecule has 3 nitrogen and oxygen atoms in total. The molecule has 112 valence electrons. The summed E-state index contributed by atoms with van der Waals surface area (Å²) >= 11 is 0. The van der Waals surface area contributed by atoms with Gasteiger partial charge in [0.05, 0.1) is 0 Å². The highest BCUT2D eigenvalue weighted by molar-refractivity contribution is 4.93. The van der Waals surface area contributed by atoms with Crippen LogP contribution in [0.1, 0.15) is 51.9 Å². The van der Waals surface area contributed by atoms with E-state index in [4.69, 9.17) is 0 Å². The van der Waals surface area contributed by atoms with Gasteiger partial charge in [0.1, 0.15) is 0 Å². The summed E-state index contributed by atoms with van der Waals surface area (Å²) in [6, 6.07) is 2.31. The topological polar surface area (TPSA) is 18.5 Å². The Labute approximate surface area is 119 Å². The molecule has 2 fully saturated rings. The van der Waals surface area contributed by atoms with Crippen molar-refractivity contribution >= 4 is 0 Å². The van der Waals surface area contributed by atoms with E-state index in [0.29, 0.717) is 0 Å². The maximum Gasteiger partial charge on any atom is 0.0252 e. The predicted molar refractivity (Wildman–Crippen MR) is 82.6 cm³/mol. The first-order chi connectivity index (χ1) is 9.22. The zero-order valence-electron chi connectivity index (χ0n) is 13.2. The highest BCUT2D eigenvalue weighted by atomic mass is 15.3. The lowest BCUT2D eigenvalue weighted by molar-refractivity contribution is 0.117. The highest BCUT2D eigenvalue weighted by Crippen LogP contribution is 2.29. The number of nitrogens with one attached hydrogen (secondary N) is 1. The van der Waals surface area contributed by atoms with E-state index in [0.717, 1.165) is 24.7 Å². The summed E-state index contributed by atoms with van der Waals surface area (Å²) in [5.41, 5.74) is 0. The fourth-order valence-corrected chi connectivity index (χ4v) is 4.10. The molecule has 3 heteroatoms. The Morgan fingerprint density at radius 1 is 1.05 bits per heavy atom. The molecular formula is C16H33N3. The van der Waals surface area contributed by atoms with Gasteiger partial charge in [-0.1, -0.05) is 26.2 Å². The van der Waals surface area contributed by atoms with Gasteiger partial charge in [0.25, 0.3) is 0 Å². The third kappa shape index (κ3) is 4.17. The van der Waals surface area contributed by atoms with Crippen LogP contribution in [-0.2, 0) is 0 Å². The van der Waals surface area contributed by atoms with Crippen molar-refractivity contribution in [1.82, 2.24) is 15.1 Å². The van der Waals surface area contributed by atoms with E-state index in [-0.39, 0.29) is 0 Å². The molecule has 0 aromatic rings. The van der Waals surface area contributed by atoms with Gasteiger partial charge in [0, 0.05) is 24.7 Å². The molecule has 3 unspecified atom stereocenters. The summed E-state index contributed by atoms with van der Waals surface area (Å²) in [6.07, 6.45) is 9.86. The second-order valence-corrected chi connectivity index (χ2v) is 6.67. The van der Waals surface area contributed by atoms with Crippen molar-refractivity contribution in [3.63, 3.8) is 0 Å². The molecular weight excluding hydrogens is 234 g/mol. The number of hydrogen-bond acceptors (Lipinski definition) is 3. The molecule has 1 aliphatic heterocycles. The first-order valence-corrected chi connectivity index (χ1v) is 8.36. The summed E-state index contributed by atoms with van der Waals surface area (Å²) in [4.78, 5) is 5.21. The second-order valence-electron chi connectivity index (χ2n) is 6.67. The van der Waals surface area contributed by atoms with E-state index in [1.807, 2.05) is 0 Å². The molecule has 0 bridgehead atoms. The quantitative estimate of drug-likeness (QED) is 0.771. The molecule has 1 saturated heterocycles. The lowest BCUT2D eigenvalue weighted by Gasteiger charge is -2.38. The van der Waals surface area contributed by atoms with Crippen LogP contribution < -0.4 is 5.32 Å². The number of likely N-dealkylation sites (N-methyl/N-ethyl adjacent to an activating group) is 2. The maximum atomic E-state index is 3.77. The largest absolute Gasteiger partial charge is 0.313 e. The highest BCUT2D eigenvalue weighted by Gasteiger charge is 2.35. The minimum atomic E-state index is 0.732. The van der Waals surface area contributed by atoms with Crippen molar-refractivity contribution in [2.75, 3.05) is 33.7 Å². The van der Waals surface area contributed by atoms with E-state index < -0.39 is 0 Å². The average molecular weight is 267 g/mol. The Hall–Kier alpha value is -0.120. The Balaban J connectivity index is 2.02. The van der Waals surface area contributed by atoms with Crippen molar-refractivity contribution in [2.45, 2.75) is 70.0 Å². The second kappa shape index (κ2) is 7.61. The summed E-state index contributed by atoms with van der Waals surface area (Å²) < 4.78 is 0. The van der Waals surface area contributed by atoms with Crippen molar-refractivity contribution in [2.24, 2.45) is 0 Å². The maximum absolute atomic E-state index is 3.77. The number of likely N-dealkylation sites (tertiary alicyclic amines) is 1. The predicted octanol–water partition coefficient (Wildman–Crippen LogP) is 2.32. The normalized spacial score (nSPS) is 33.8. The van der Waals surface area contributed by atoms with Crippen molar-refractivity contribution in [3.8, 4) is 0 Å². The first kappa shape index (κ1) is 15.3. The average Bonchev–Trinajstić information content (AvgIpc) is 2.68. The Morgan fingerprint density at radius 2 is 1.84 bits per heavy atom. The van der Waals surface area contributed by atoms with Crippen molar-refractivity contribution < 1.29 is 0 Å². The summed E-state index contributed by atoms with van der Waals surface area (Å²) in [6.45, 7) is 5.93. The summed E-state index contributed by atoms with van der Waals surface area (Å²) in [7, 11) is 4.43. The zero-order valence-corrected chi connectivity index (χ0v) is 13.2. The number of nitrogens with zero attached hydrogens (tertiary/aromatic N) is 2. The van der Waals surface area contributed by atoms with Gasteiger partial charge < -0.3 is 10.2 Å². The van der Waals surface area contributed by atoms with Gasteiger partial charge >= 0.3 is 0 Å². The molecule has 0 aromatic heterocycles. The Bertz CT molecular complexity index is 254. The molecule has 1 saturated carbocycles. The van der Waals surface area contributed by atoms with Gasteiger partial charge in [0.2, 0.25) is 0 Å². The zero-order chi connectivity index (χ0) is 13.7. The third-order valence-electron chi connectivity index (χ3n) is 4.87. The minimum Gasteiger partial charge on any atom is -0.313 e. The van der Waals surface area contributed by atoms with Crippen molar-refractivity contribution in [1.29, 1.82) is 0 Å². The molecule has 0 aromatic carbocycles. The molecule has 3 atom stereocenters. The monoisotopic (exact) mass is 267 g/mol. The third-order valence-corrected chi connectivity index (χ3v) is 4.87. The smallest absolute Gasteiger partial charge is 0.0252 e. The van der Waals surface area contributed by atoms with Gasteiger partial charge in [0.15, 0.2) is 0 Å². The molecule has 2 rings (SSSR count). The molecule has 0 radical (unpaired) electrons. The van der Waals surface area contributed by atoms with Crippen LogP contribution in [0.4, 0.5) is 0 Å². The number of hydrogen-bond donors (Lipinski definition) is 1. The van der Waals surface area contributed by atoms with Crippen LogP contribution in [0.15, 0.2) is 0 Å². The van der Waals surface area contributed by atoms with E-state index in [9.17, 15) is 0 Å². The number of rotatable bonds is 5. The Morgan fingerprint density at radius 3 is 2.58 bits per heavy atom. The van der Waals surface area contributed by atoms with Gasteiger partial charge in [-0.15, -0.1) is 0 Å². The fourth-order valence-electron chi connectivity index (χ4n) is 4.10.